The lowest BCUT2D eigenvalue weighted by atomic mass is 10.2. The van der Waals surface area contributed by atoms with Crippen LogP contribution in [-0.2, 0) is 6.54 Å². The SMILES string of the molecule is Nc1ncnc2c1ncn2CC1N=c2cccc(F)c2=CN1c1ccccc1Cl. The van der Waals surface area contributed by atoms with Crippen molar-refractivity contribution < 1.29 is 4.39 Å². The Labute approximate surface area is 169 Å². The third kappa shape index (κ3) is 2.98. The molecule has 1 unspecified atom stereocenters. The third-order valence-electron chi connectivity index (χ3n) is 4.83. The van der Waals surface area contributed by atoms with Crippen LogP contribution in [0.4, 0.5) is 15.9 Å². The van der Waals surface area contributed by atoms with Gasteiger partial charge in [0.05, 0.1) is 34.2 Å². The number of benzene rings is 2. The molecule has 9 heteroatoms. The molecule has 4 aromatic rings. The summed E-state index contributed by atoms with van der Waals surface area (Å²) in [5, 5.41) is 1.55. The predicted molar refractivity (Wildman–Crippen MR) is 109 cm³/mol. The van der Waals surface area contributed by atoms with Gasteiger partial charge in [-0.2, -0.15) is 0 Å². The number of nitrogens with two attached hydrogens (primary N) is 1. The van der Waals surface area contributed by atoms with Crippen molar-refractivity contribution in [2.45, 2.75) is 12.7 Å². The van der Waals surface area contributed by atoms with E-state index in [1.165, 1.54) is 12.4 Å². The Morgan fingerprint density at radius 3 is 2.79 bits per heavy atom. The number of hydrogen-bond donors (Lipinski definition) is 1. The zero-order chi connectivity index (χ0) is 20.0. The highest BCUT2D eigenvalue weighted by Crippen LogP contribution is 2.29. The standard InChI is InChI=1S/C20H15ClFN7/c21-13-4-1-2-7-16(13)29-8-12-14(22)5-3-6-15(12)27-17(29)9-28-11-26-18-19(23)24-10-25-20(18)28/h1-8,10-11,17H,9H2,(H2,23,24,25). The maximum atomic E-state index is 14.4. The van der Waals surface area contributed by atoms with Gasteiger partial charge in [-0.05, 0) is 24.3 Å². The Kier molecular flexibility index (Phi) is 4.13. The first kappa shape index (κ1) is 17.6. The van der Waals surface area contributed by atoms with Gasteiger partial charge >= 0.3 is 0 Å². The van der Waals surface area contributed by atoms with E-state index in [4.69, 9.17) is 22.3 Å². The Morgan fingerprint density at radius 2 is 1.93 bits per heavy atom. The van der Waals surface area contributed by atoms with Gasteiger partial charge in [0, 0.05) is 6.20 Å². The molecular formula is C20H15ClFN7. The summed E-state index contributed by atoms with van der Waals surface area (Å²) in [7, 11) is 0. The van der Waals surface area contributed by atoms with Gasteiger partial charge in [-0.1, -0.05) is 29.8 Å². The van der Waals surface area contributed by atoms with Crippen LogP contribution in [0.5, 0.6) is 0 Å². The number of halogens is 2. The third-order valence-corrected chi connectivity index (χ3v) is 5.15. The van der Waals surface area contributed by atoms with Crippen LogP contribution in [0.3, 0.4) is 0 Å². The van der Waals surface area contributed by atoms with E-state index < -0.39 is 6.17 Å². The molecule has 1 aliphatic heterocycles. The number of nitrogen functional groups attached to an aromatic ring is 1. The Bertz CT molecular complexity index is 1350. The van der Waals surface area contributed by atoms with Crippen molar-refractivity contribution in [3.8, 4) is 0 Å². The molecule has 0 amide bonds. The number of aromatic nitrogens is 4. The van der Waals surface area contributed by atoms with E-state index in [0.717, 1.165) is 5.69 Å². The van der Waals surface area contributed by atoms with E-state index in [1.54, 1.807) is 30.7 Å². The molecule has 2 N–H and O–H groups in total. The second-order valence-corrected chi connectivity index (χ2v) is 7.01. The van der Waals surface area contributed by atoms with Crippen LogP contribution < -0.4 is 21.2 Å². The topological polar surface area (TPSA) is 85.2 Å². The van der Waals surface area contributed by atoms with Crippen LogP contribution in [0.2, 0.25) is 5.02 Å². The lowest BCUT2D eigenvalue weighted by Gasteiger charge is -2.31. The fourth-order valence-electron chi connectivity index (χ4n) is 3.44. The fourth-order valence-corrected chi connectivity index (χ4v) is 3.68. The highest BCUT2D eigenvalue weighted by molar-refractivity contribution is 6.33. The Morgan fingerprint density at radius 1 is 1.07 bits per heavy atom. The average molecular weight is 408 g/mol. The number of imidazole rings is 1. The minimum atomic E-state index is -0.391. The van der Waals surface area contributed by atoms with E-state index in [9.17, 15) is 4.39 Å². The van der Waals surface area contributed by atoms with E-state index >= 15 is 0 Å². The molecule has 7 nitrogen and oxygen atoms in total. The second kappa shape index (κ2) is 6.82. The van der Waals surface area contributed by atoms with Crippen molar-refractivity contribution in [3.63, 3.8) is 0 Å². The van der Waals surface area contributed by atoms with Crippen LogP contribution in [-0.4, -0.2) is 25.7 Å². The zero-order valence-corrected chi connectivity index (χ0v) is 15.8. The van der Waals surface area contributed by atoms with Crippen LogP contribution in [0, 0.1) is 5.82 Å². The minimum Gasteiger partial charge on any atom is -0.382 e. The normalized spacial score (nSPS) is 15.7. The molecule has 0 saturated carbocycles. The van der Waals surface area contributed by atoms with Crippen molar-refractivity contribution >= 4 is 40.5 Å². The molecule has 144 valence electrons. The molecule has 0 saturated heterocycles. The van der Waals surface area contributed by atoms with Gasteiger partial charge in [0.25, 0.3) is 0 Å². The summed E-state index contributed by atoms with van der Waals surface area (Å²) in [6.07, 6.45) is 4.40. The van der Waals surface area contributed by atoms with Gasteiger partial charge in [0.15, 0.2) is 11.5 Å². The maximum Gasteiger partial charge on any atom is 0.165 e. The lowest BCUT2D eigenvalue weighted by Crippen LogP contribution is -2.45. The van der Waals surface area contributed by atoms with Crippen molar-refractivity contribution in [1.82, 2.24) is 19.5 Å². The summed E-state index contributed by atoms with van der Waals surface area (Å²) in [5.74, 6) is -0.0216. The minimum absolute atomic E-state index is 0.316. The number of anilines is 2. The monoisotopic (exact) mass is 407 g/mol. The smallest absolute Gasteiger partial charge is 0.165 e. The number of fused-ring (bicyclic) bond motifs is 2. The molecule has 3 heterocycles. The lowest BCUT2D eigenvalue weighted by molar-refractivity contribution is 0.549. The van der Waals surface area contributed by atoms with E-state index in [1.807, 2.05) is 27.7 Å². The maximum absolute atomic E-state index is 14.4. The molecule has 29 heavy (non-hydrogen) atoms. The number of hydrogen-bond acceptors (Lipinski definition) is 6. The van der Waals surface area contributed by atoms with Crippen LogP contribution in [0.15, 0.2) is 60.1 Å². The first-order valence-electron chi connectivity index (χ1n) is 8.90. The first-order valence-corrected chi connectivity index (χ1v) is 9.28. The highest BCUT2D eigenvalue weighted by atomic mass is 35.5. The largest absolute Gasteiger partial charge is 0.382 e. The van der Waals surface area contributed by atoms with Gasteiger partial charge in [0.2, 0.25) is 0 Å². The zero-order valence-electron chi connectivity index (χ0n) is 15.1. The number of para-hydroxylation sites is 1. The van der Waals surface area contributed by atoms with Gasteiger partial charge < -0.3 is 15.2 Å². The van der Waals surface area contributed by atoms with Crippen LogP contribution in [0.1, 0.15) is 0 Å². The molecule has 5 rings (SSSR count). The van der Waals surface area contributed by atoms with Crippen LogP contribution >= 0.6 is 11.6 Å². The molecule has 2 aromatic heterocycles. The highest BCUT2D eigenvalue weighted by Gasteiger charge is 2.23. The quantitative estimate of drug-likeness (QED) is 0.562. The molecule has 1 atom stereocenters. The van der Waals surface area contributed by atoms with Gasteiger partial charge in [-0.3, -0.25) is 4.99 Å². The van der Waals surface area contributed by atoms with Crippen LogP contribution in [0.25, 0.3) is 17.4 Å². The van der Waals surface area contributed by atoms with E-state index in [2.05, 4.69) is 15.0 Å². The summed E-state index contributed by atoms with van der Waals surface area (Å²) >= 11 is 6.43. The molecule has 0 aliphatic carbocycles. The van der Waals surface area contributed by atoms with E-state index in [-0.39, 0.29) is 5.82 Å². The molecule has 1 aliphatic rings. The first-order chi connectivity index (χ1) is 14.1. The van der Waals surface area contributed by atoms with Gasteiger partial charge in [-0.15, -0.1) is 0 Å². The molecule has 2 aromatic carbocycles. The fraction of sp³-hybridized carbons (Fsp3) is 0.100. The van der Waals surface area contributed by atoms with Crippen molar-refractivity contribution in [1.29, 1.82) is 0 Å². The molecule has 0 radical (unpaired) electrons. The van der Waals surface area contributed by atoms with Gasteiger partial charge in [0.1, 0.15) is 23.8 Å². The second-order valence-electron chi connectivity index (χ2n) is 6.60. The molecular weight excluding hydrogens is 393 g/mol. The molecule has 0 spiro atoms. The number of rotatable bonds is 3. The van der Waals surface area contributed by atoms with E-state index in [0.29, 0.717) is 39.1 Å². The average Bonchev–Trinajstić information content (AvgIpc) is 3.13. The van der Waals surface area contributed by atoms with Crippen molar-refractivity contribution in [2.75, 3.05) is 10.6 Å². The summed E-state index contributed by atoms with van der Waals surface area (Å²) in [5.41, 5.74) is 7.77. The van der Waals surface area contributed by atoms with Crippen molar-refractivity contribution in [3.05, 3.63) is 76.5 Å². The summed E-state index contributed by atoms with van der Waals surface area (Å²) in [4.78, 5) is 19.2. The Hall–Kier alpha value is -3.52. The summed E-state index contributed by atoms with van der Waals surface area (Å²) < 4.78 is 16.3. The molecule has 0 fully saturated rings. The summed E-state index contributed by atoms with van der Waals surface area (Å²) in [6.45, 7) is 0.407. The number of nitrogens with zero attached hydrogens (tertiary/aromatic N) is 6. The Balaban J connectivity index is 1.66. The van der Waals surface area contributed by atoms with Gasteiger partial charge in [-0.25, -0.2) is 19.3 Å². The summed E-state index contributed by atoms with van der Waals surface area (Å²) in [6, 6.07) is 12.2. The van der Waals surface area contributed by atoms with Crippen molar-refractivity contribution in [2.24, 2.45) is 4.99 Å². The molecule has 0 bridgehead atoms. The predicted octanol–water partition coefficient (Wildman–Crippen LogP) is 2.11.